The van der Waals surface area contributed by atoms with Crippen molar-refractivity contribution in [1.82, 2.24) is 19.5 Å². The lowest BCUT2D eigenvalue weighted by molar-refractivity contribution is -0.147. The van der Waals surface area contributed by atoms with Gasteiger partial charge in [0.05, 0.1) is 24.8 Å². The third-order valence-electron chi connectivity index (χ3n) is 7.27. The number of carbonyl (C=O) groups is 1. The lowest BCUT2D eigenvalue weighted by Crippen LogP contribution is -2.28. The number of hydrogen-bond donors (Lipinski definition) is 0. The lowest BCUT2D eigenvalue weighted by atomic mass is 9.87. The number of benzene rings is 1. The van der Waals surface area contributed by atoms with Crippen LogP contribution in [-0.4, -0.2) is 38.7 Å². The summed E-state index contributed by atoms with van der Waals surface area (Å²) >= 11 is 0. The number of esters is 1. The molecule has 35 heavy (non-hydrogen) atoms. The first-order chi connectivity index (χ1) is 17.2. The molecule has 7 heteroatoms. The van der Waals surface area contributed by atoms with Crippen molar-refractivity contribution in [3.05, 3.63) is 72.2 Å². The van der Waals surface area contributed by atoms with E-state index in [1.54, 1.807) is 6.20 Å². The van der Waals surface area contributed by atoms with Gasteiger partial charge in [-0.3, -0.25) is 4.79 Å². The number of carbonyl (C=O) groups excluding carboxylic acids is 1. The van der Waals surface area contributed by atoms with Gasteiger partial charge in [0.2, 0.25) is 5.88 Å². The molecule has 0 radical (unpaired) electrons. The van der Waals surface area contributed by atoms with Gasteiger partial charge < -0.3 is 14.0 Å². The molecular formula is C28H28N4O3. The standard InChI is InChI=1S/C28H28N4O3/c1-34-28(33)19-7-9-21(10-8-19)35-26-17-20(15-16-29-26)22-11-12-23-27(31-22)32-24(13-14-25(32)30-23)18-5-3-2-4-6-18/h2-6,11-12,15-17,19,21,24H,7-10,13-14H2,1H3/t19?,21?,24-/m1/s1. The number of rotatable bonds is 5. The van der Waals surface area contributed by atoms with Crippen molar-refractivity contribution in [1.29, 1.82) is 0 Å². The second kappa shape index (κ2) is 9.13. The zero-order valence-electron chi connectivity index (χ0n) is 19.8. The Labute approximate surface area is 204 Å². The molecule has 1 aliphatic heterocycles. The number of aromatic nitrogens is 4. The van der Waals surface area contributed by atoms with E-state index in [1.807, 2.05) is 18.2 Å². The Morgan fingerprint density at radius 3 is 2.60 bits per heavy atom. The number of methoxy groups -OCH3 is 1. The maximum Gasteiger partial charge on any atom is 0.308 e. The minimum Gasteiger partial charge on any atom is -0.474 e. The summed E-state index contributed by atoms with van der Waals surface area (Å²) in [6, 6.07) is 18.8. The van der Waals surface area contributed by atoms with Crippen LogP contribution in [-0.2, 0) is 16.0 Å². The Kier molecular flexibility index (Phi) is 5.68. The zero-order chi connectivity index (χ0) is 23.8. The van der Waals surface area contributed by atoms with Crippen LogP contribution >= 0.6 is 0 Å². The van der Waals surface area contributed by atoms with Gasteiger partial charge in [0, 0.05) is 24.2 Å². The molecule has 1 aromatic carbocycles. The van der Waals surface area contributed by atoms with Gasteiger partial charge in [-0.25, -0.2) is 15.0 Å². The smallest absolute Gasteiger partial charge is 0.308 e. The summed E-state index contributed by atoms with van der Waals surface area (Å²) in [4.78, 5) is 26.1. The molecule has 1 saturated carbocycles. The van der Waals surface area contributed by atoms with Gasteiger partial charge in [0.15, 0.2) is 5.65 Å². The van der Waals surface area contributed by atoms with E-state index in [0.29, 0.717) is 5.88 Å². The number of ether oxygens (including phenoxy) is 2. The maximum atomic E-state index is 11.8. The normalized spacial score (nSPS) is 21.6. The molecule has 1 aliphatic carbocycles. The number of fused-ring (bicyclic) bond motifs is 3. The van der Waals surface area contributed by atoms with Crippen LogP contribution in [0.4, 0.5) is 0 Å². The van der Waals surface area contributed by atoms with E-state index in [2.05, 4.69) is 45.9 Å². The van der Waals surface area contributed by atoms with Gasteiger partial charge in [-0.05, 0) is 55.9 Å². The highest BCUT2D eigenvalue weighted by molar-refractivity contribution is 5.77. The monoisotopic (exact) mass is 468 g/mol. The molecule has 7 nitrogen and oxygen atoms in total. The van der Waals surface area contributed by atoms with Crippen LogP contribution in [0.3, 0.4) is 0 Å². The fourth-order valence-electron chi connectivity index (χ4n) is 5.46. The number of pyridine rings is 2. The topological polar surface area (TPSA) is 79.1 Å². The lowest BCUT2D eigenvalue weighted by Gasteiger charge is -2.27. The largest absolute Gasteiger partial charge is 0.474 e. The summed E-state index contributed by atoms with van der Waals surface area (Å²) < 4.78 is 13.4. The fourth-order valence-corrected chi connectivity index (χ4v) is 5.46. The SMILES string of the molecule is COC(=O)C1CCC(Oc2cc(-c3ccc4nc5n(c4n3)[C@@H](c3ccccc3)CC5)ccn2)CC1. The van der Waals surface area contributed by atoms with Gasteiger partial charge in [-0.2, -0.15) is 0 Å². The van der Waals surface area contributed by atoms with Crippen molar-refractivity contribution in [3.8, 4) is 17.1 Å². The molecule has 0 unspecified atom stereocenters. The average molecular weight is 469 g/mol. The predicted molar refractivity (Wildman–Crippen MR) is 132 cm³/mol. The van der Waals surface area contributed by atoms with Gasteiger partial charge in [-0.15, -0.1) is 0 Å². The third kappa shape index (κ3) is 4.16. The van der Waals surface area contributed by atoms with Crippen LogP contribution in [0.5, 0.6) is 5.88 Å². The molecular weight excluding hydrogens is 440 g/mol. The Bertz CT molecular complexity index is 1360. The van der Waals surface area contributed by atoms with Gasteiger partial charge in [0.1, 0.15) is 17.4 Å². The van der Waals surface area contributed by atoms with Crippen LogP contribution in [0.2, 0.25) is 0 Å². The Hall–Kier alpha value is -3.74. The number of nitrogens with zero attached hydrogens (tertiary/aromatic N) is 4. The number of imidazole rings is 1. The van der Waals surface area contributed by atoms with E-state index in [-0.39, 0.29) is 24.0 Å². The summed E-state index contributed by atoms with van der Waals surface area (Å²) in [5.41, 5.74) is 4.98. The van der Waals surface area contributed by atoms with Crippen LogP contribution in [0.1, 0.15) is 49.5 Å². The second-order valence-corrected chi connectivity index (χ2v) is 9.40. The van der Waals surface area contributed by atoms with E-state index in [9.17, 15) is 4.79 Å². The van der Waals surface area contributed by atoms with Crippen molar-refractivity contribution in [2.75, 3.05) is 7.11 Å². The van der Waals surface area contributed by atoms with Crippen molar-refractivity contribution in [2.24, 2.45) is 5.92 Å². The fraction of sp³-hybridized carbons (Fsp3) is 0.357. The Morgan fingerprint density at radius 2 is 1.80 bits per heavy atom. The summed E-state index contributed by atoms with van der Waals surface area (Å²) in [6.07, 6.45) is 7.02. The summed E-state index contributed by atoms with van der Waals surface area (Å²) in [7, 11) is 1.45. The highest BCUT2D eigenvalue weighted by Crippen LogP contribution is 2.36. The van der Waals surface area contributed by atoms with Crippen molar-refractivity contribution in [3.63, 3.8) is 0 Å². The van der Waals surface area contributed by atoms with Crippen LogP contribution in [0.15, 0.2) is 60.8 Å². The summed E-state index contributed by atoms with van der Waals surface area (Å²) in [5.74, 6) is 1.55. The quantitative estimate of drug-likeness (QED) is 0.378. The maximum absolute atomic E-state index is 11.8. The summed E-state index contributed by atoms with van der Waals surface area (Å²) in [6.45, 7) is 0. The van der Waals surface area contributed by atoms with Gasteiger partial charge in [-0.1, -0.05) is 30.3 Å². The molecule has 1 atom stereocenters. The van der Waals surface area contributed by atoms with Crippen molar-refractivity contribution in [2.45, 2.75) is 50.7 Å². The molecule has 0 bridgehead atoms. The molecule has 0 spiro atoms. The van der Waals surface area contributed by atoms with E-state index in [0.717, 1.165) is 66.8 Å². The van der Waals surface area contributed by atoms with E-state index in [1.165, 1.54) is 12.7 Å². The molecule has 4 heterocycles. The van der Waals surface area contributed by atoms with E-state index in [4.69, 9.17) is 19.4 Å². The molecule has 6 rings (SSSR count). The highest BCUT2D eigenvalue weighted by atomic mass is 16.5. The average Bonchev–Trinajstić information content (AvgIpc) is 3.48. The molecule has 0 N–H and O–H groups in total. The van der Waals surface area contributed by atoms with Crippen LogP contribution in [0, 0.1) is 5.92 Å². The number of hydrogen-bond acceptors (Lipinski definition) is 6. The molecule has 3 aromatic heterocycles. The first kappa shape index (κ1) is 21.8. The molecule has 0 amide bonds. The second-order valence-electron chi connectivity index (χ2n) is 9.40. The zero-order valence-corrected chi connectivity index (χ0v) is 19.8. The van der Waals surface area contributed by atoms with E-state index < -0.39 is 0 Å². The Morgan fingerprint density at radius 1 is 0.971 bits per heavy atom. The molecule has 0 saturated heterocycles. The molecule has 2 aliphatic rings. The predicted octanol–water partition coefficient (Wildman–Crippen LogP) is 5.14. The van der Waals surface area contributed by atoms with E-state index >= 15 is 0 Å². The molecule has 178 valence electrons. The van der Waals surface area contributed by atoms with Crippen molar-refractivity contribution < 1.29 is 14.3 Å². The highest BCUT2D eigenvalue weighted by Gasteiger charge is 2.29. The van der Waals surface area contributed by atoms with Crippen LogP contribution < -0.4 is 4.74 Å². The third-order valence-corrected chi connectivity index (χ3v) is 7.27. The van der Waals surface area contributed by atoms with Crippen molar-refractivity contribution >= 4 is 17.1 Å². The van der Waals surface area contributed by atoms with Gasteiger partial charge >= 0.3 is 5.97 Å². The first-order valence-electron chi connectivity index (χ1n) is 12.3. The minimum absolute atomic E-state index is 0.0211. The van der Waals surface area contributed by atoms with Gasteiger partial charge in [0.25, 0.3) is 0 Å². The Balaban J connectivity index is 1.25. The molecule has 4 aromatic rings. The minimum atomic E-state index is -0.120. The summed E-state index contributed by atoms with van der Waals surface area (Å²) in [5, 5.41) is 0. The number of aryl methyl sites for hydroxylation is 1. The van der Waals surface area contributed by atoms with Crippen LogP contribution in [0.25, 0.3) is 22.4 Å². The molecule has 1 fully saturated rings. The first-order valence-corrected chi connectivity index (χ1v) is 12.3.